The Morgan fingerprint density at radius 3 is 3.00 bits per heavy atom. The number of nitrogens with zero attached hydrogens (tertiary/aromatic N) is 3. The Morgan fingerprint density at radius 1 is 1.30 bits per heavy atom. The Labute approximate surface area is 126 Å². The highest BCUT2D eigenvalue weighted by Gasteiger charge is 2.21. The lowest BCUT2D eigenvalue weighted by Gasteiger charge is -2.21. The van der Waals surface area contributed by atoms with Crippen LogP contribution in [0.15, 0.2) is 28.4 Å². The molecular formula is C14H17N3OS2. The van der Waals surface area contributed by atoms with E-state index < -0.39 is 0 Å². The van der Waals surface area contributed by atoms with E-state index in [0.29, 0.717) is 0 Å². The van der Waals surface area contributed by atoms with E-state index in [-0.39, 0.29) is 5.91 Å². The second kappa shape index (κ2) is 6.47. The van der Waals surface area contributed by atoms with Crippen LogP contribution in [0.1, 0.15) is 21.8 Å². The Balaban J connectivity index is 1.58. The van der Waals surface area contributed by atoms with Crippen molar-refractivity contribution >= 4 is 28.6 Å². The number of rotatable bonds is 3. The largest absolute Gasteiger partial charge is 0.337 e. The summed E-state index contributed by atoms with van der Waals surface area (Å²) in [5.74, 6) is 0.176. The zero-order chi connectivity index (χ0) is 13.8. The van der Waals surface area contributed by atoms with Crippen molar-refractivity contribution in [2.24, 2.45) is 0 Å². The molecule has 3 rings (SSSR count). The molecule has 0 N–H and O–H groups in total. The molecule has 3 heterocycles. The van der Waals surface area contributed by atoms with E-state index in [1.165, 1.54) is 11.3 Å². The first-order valence-corrected chi connectivity index (χ1v) is 8.57. The molecule has 0 radical (unpaired) electrons. The lowest BCUT2D eigenvalue weighted by atomic mass is 10.3. The van der Waals surface area contributed by atoms with Crippen LogP contribution in [0.25, 0.3) is 0 Å². The van der Waals surface area contributed by atoms with Crippen LogP contribution in [0.3, 0.4) is 0 Å². The molecule has 0 saturated carbocycles. The Kier molecular flexibility index (Phi) is 4.44. The Bertz CT molecular complexity index is 539. The molecule has 2 aromatic rings. The van der Waals surface area contributed by atoms with E-state index in [2.05, 4.69) is 15.3 Å². The third-order valence-electron chi connectivity index (χ3n) is 3.48. The lowest BCUT2D eigenvalue weighted by Crippen LogP contribution is -2.34. The average Bonchev–Trinajstić information content (AvgIpc) is 3.10. The summed E-state index contributed by atoms with van der Waals surface area (Å²) in [6, 6.07) is 3.84. The molecule has 6 heteroatoms. The molecule has 2 aromatic heterocycles. The lowest BCUT2D eigenvalue weighted by molar-refractivity contribution is 0.0766. The fourth-order valence-electron chi connectivity index (χ4n) is 2.43. The van der Waals surface area contributed by atoms with Gasteiger partial charge in [-0.1, -0.05) is 6.07 Å². The van der Waals surface area contributed by atoms with Gasteiger partial charge in [0, 0.05) is 38.1 Å². The minimum Gasteiger partial charge on any atom is -0.337 e. The quantitative estimate of drug-likeness (QED) is 0.874. The van der Waals surface area contributed by atoms with Gasteiger partial charge >= 0.3 is 0 Å². The number of aromatic nitrogens is 1. The van der Waals surface area contributed by atoms with Crippen molar-refractivity contribution in [3.8, 4) is 0 Å². The minimum absolute atomic E-state index is 0.176. The second-order valence-corrected chi connectivity index (χ2v) is 6.55. The third kappa shape index (κ3) is 3.26. The summed E-state index contributed by atoms with van der Waals surface area (Å²) in [6.07, 6.45) is 1.03. The smallest absolute Gasteiger partial charge is 0.263 e. The molecular weight excluding hydrogens is 290 g/mol. The van der Waals surface area contributed by atoms with Crippen molar-refractivity contribution in [1.82, 2.24) is 14.8 Å². The maximum atomic E-state index is 12.3. The van der Waals surface area contributed by atoms with Crippen molar-refractivity contribution in [1.29, 1.82) is 0 Å². The molecule has 0 unspecified atom stereocenters. The van der Waals surface area contributed by atoms with E-state index in [1.54, 1.807) is 11.3 Å². The number of thiophene rings is 1. The highest BCUT2D eigenvalue weighted by atomic mass is 32.1. The van der Waals surface area contributed by atoms with Crippen molar-refractivity contribution in [2.45, 2.75) is 13.0 Å². The summed E-state index contributed by atoms with van der Waals surface area (Å²) >= 11 is 3.16. The molecule has 0 bridgehead atoms. The fraction of sp³-hybridized carbons (Fsp3) is 0.429. The maximum Gasteiger partial charge on any atom is 0.263 e. The SMILES string of the molecule is O=C(c1cccs1)N1CCCN(Cc2cscn2)CC1. The fourth-order valence-corrected chi connectivity index (χ4v) is 3.67. The summed E-state index contributed by atoms with van der Waals surface area (Å²) in [4.78, 5) is 21.9. The first-order valence-electron chi connectivity index (χ1n) is 6.75. The van der Waals surface area contributed by atoms with Gasteiger partial charge in [0.15, 0.2) is 0 Å². The molecule has 1 aliphatic heterocycles. The number of hydrogen-bond donors (Lipinski definition) is 0. The maximum absolute atomic E-state index is 12.3. The highest BCUT2D eigenvalue weighted by Crippen LogP contribution is 2.15. The van der Waals surface area contributed by atoms with Gasteiger partial charge in [0.05, 0.1) is 16.1 Å². The van der Waals surface area contributed by atoms with Crippen LogP contribution in [-0.2, 0) is 6.54 Å². The Hall–Kier alpha value is -1.24. The number of amides is 1. The van der Waals surface area contributed by atoms with Gasteiger partial charge in [0.1, 0.15) is 0 Å². The molecule has 4 nitrogen and oxygen atoms in total. The average molecular weight is 307 g/mol. The van der Waals surface area contributed by atoms with E-state index in [0.717, 1.165) is 49.7 Å². The molecule has 1 saturated heterocycles. The van der Waals surface area contributed by atoms with Gasteiger partial charge in [-0.3, -0.25) is 9.69 Å². The number of thiazole rings is 1. The van der Waals surface area contributed by atoms with Crippen LogP contribution in [0.5, 0.6) is 0 Å². The van der Waals surface area contributed by atoms with Gasteiger partial charge in [0.25, 0.3) is 5.91 Å². The number of hydrogen-bond acceptors (Lipinski definition) is 5. The molecule has 106 valence electrons. The van der Waals surface area contributed by atoms with Gasteiger partial charge in [-0.2, -0.15) is 0 Å². The zero-order valence-corrected chi connectivity index (χ0v) is 12.8. The summed E-state index contributed by atoms with van der Waals surface area (Å²) in [7, 11) is 0. The van der Waals surface area contributed by atoms with E-state index in [9.17, 15) is 4.79 Å². The number of carbonyl (C=O) groups excluding carboxylic acids is 1. The van der Waals surface area contributed by atoms with Crippen LogP contribution in [0.2, 0.25) is 0 Å². The summed E-state index contributed by atoms with van der Waals surface area (Å²) < 4.78 is 0. The summed E-state index contributed by atoms with van der Waals surface area (Å²) in [6.45, 7) is 4.51. The van der Waals surface area contributed by atoms with Gasteiger partial charge in [-0.05, 0) is 17.9 Å². The molecule has 1 amide bonds. The normalized spacial score (nSPS) is 17.1. The van der Waals surface area contributed by atoms with Crippen LogP contribution in [0.4, 0.5) is 0 Å². The monoisotopic (exact) mass is 307 g/mol. The molecule has 1 aliphatic rings. The highest BCUT2D eigenvalue weighted by molar-refractivity contribution is 7.12. The van der Waals surface area contributed by atoms with E-state index in [1.807, 2.05) is 27.9 Å². The van der Waals surface area contributed by atoms with Gasteiger partial charge in [-0.15, -0.1) is 22.7 Å². The van der Waals surface area contributed by atoms with Crippen LogP contribution >= 0.6 is 22.7 Å². The molecule has 0 spiro atoms. The van der Waals surface area contributed by atoms with Crippen LogP contribution < -0.4 is 0 Å². The minimum atomic E-state index is 0.176. The third-order valence-corrected chi connectivity index (χ3v) is 4.97. The number of carbonyl (C=O) groups is 1. The molecule has 20 heavy (non-hydrogen) atoms. The predicted molar refractivity (Wildman–Crippen MR) is 82.2 cm³/mol. The van der Waals surface area contributed by atoms with Gasteiger partial charge < -0.3 is 4.90 Å². The standard InChI is InChI=1S/C14H17N3OS2/c18-14(13-3-1-8-20-13)17-5-2-4-16(6-7-17)9-12-10-19-11-15-12/h1,3,8,10-11H,2,4-7,9H2. The molecule has 0 atom stereocenters. The molecule has 0 aliphatic carbocycles. The van der Waals surface area contributed by atoms with Gasteiger partial charge in [-0.25, -0.2) is 4.98 Å². The van der Waals surface area contributed by atoms with Crippen molar-refractivity contribution in [3.05, 3.63) is 39.0 Å². The van der Waals surface area contributed by atoms with E-state index in [4.69, 9.17) is 0 Å². The topological polar surface area (TPSA) is 36.4 Å². The van der Waals surface area contributed by atoms with Crippen molar-refractivity contribution in [2.75, 3.05) is 26.2 Å². The zero-order valence-electron chi connectivity index (χ0n) is 11.2. The summed E-state index contributed by atoms with van der Waals surface area (Å²) in [5, 5.41) is 4.05. The first kappa shape index (κ1) is 13.7. The van der Waals surface area contributed by atoms with E-state index >= 15 is 0 Å². The molecule has 0 aromatic carbocycles. The predicted octanol–water partition coefficient (Wildman–Crippen LogP) is 2.55. The summed E-state index contributed by atoms with van der Waals surface area (Å²) in [5.41, 5.74) is 3.01. The van der Waals surface area contributed by atoms with Crippen molar-refractivity contribution in [3.63, 3.8) is 0 Å². The van der Waals surface area contributed by atoms with Crippen LogP contribution in [0, 0.1) is 0 Å². The first-order chi connectivity index (χ1) is 9.83. The second-order valence-electron chi connectivity index (χ2n) is 4.88. The van der Waals surface area contributed by atoms with Crippen LogP contribution in [-0.4, -0.2) is 46.9 Å². The van der Waals surface area contributed by atoms with Gasteiger partial charge in [0.2, 0.25) is 0 Å². The molecule has 1 fully saturated rings. The Morgan fingerprint density at radius 2 is 2.25 bits per heavy atom. The van der Waals surface area contributed by atoms with Crippen molar-refractivity contribution < 1.29 is 4.79 Å².